The highest BCUT2D eigenvalue weighted by Gasteiger charge is 2.26. The summed E-state index contributed by atoms with van der Waals surface area (Å²) in [7, 11) is 0. The van der Waals surface area contributed by atoms with Gasteiger partial charge in [0.25, 0.3) is 5.91 Å². The third-order valence-electron chi connectivity index (χ3n) is 4.97. The van der Waals surface area contributed by atoms with Crippen molar-refractivity contribution in [2.45, 2.75) is 38.6 Å². The summed E-state index contributed by atoms with van der Waals surface area (Å²) in [5, 5.41) is 5.80. The van der Waals surface area contributed by atoms with Crippen LogP contribution in [0.2, 0.25) is 0 Å². The van der Waals surface area contributed by atoms with Crippen LogP contribution in [-0.2, 0) is 4.79 Å². The first-order valence-electron chi connectivity index (χ1n) is 9.05. The van der Waals surface area contributed by atoms with Crippen molar-refractivity contribution in [3.8, 4) is 0 Å². The van der Waals surface area contributed by atoms with Gasteiger partial charge in [-0.05, 0) is 55.5 Å². The molecule has 1 fully saturated rings. The van der Waals surface area contributed by atoms with Gasteiger partial charge < -0.3 is 16.4 Å². The van der Waals surface area contributed by atoms with Gasteiger partial charge in [-0.1, -0.05) is 30.7 Å². The van der Waals surface area contributed by atoms with Crippen LogP contribution < -0.4 is 16.4 Å². The molecule has 0 bridgehead atoms. The summed E-state index contributed by atoms with van der Waals surface area (Å²) in [4.78, 5) is 24.8. The topological polar surface area (TPSA) is 84.2 Å². The third kappa shape index (κ3) is 5.55. The van der Waals surface area contributed by atoms with Gasteiger partial charge in [0, 0.05) is 29.4 Å². The number of nitrogens with one attached hydrogen (secondary N) is 2. The minimum Gasteiger partial charge on any atom is -0.327 e. The highest BCUT2D eigenvalue weighted by atomic mass is 35.5. The largest absolute Gasteiger partial charge is 0.327 e. The molecule has 6 heteroatoms. The highest BCUT2D eigenvalue weighted by Crippen LogP contribution is 2.27. The molecule has 2 aromatic carbocycles. The quantitative estimate of drug-likeness (QED) is 0.721. The predicted octanol–water partition coefficient (Wildman–Crippen LogP) is 4.13. The van der Waals surface area contributed by atoms with E-state index in [1.165, 1.54) is 0 Å². The van der Waals surface area contributed by atoms with Gasteiger partial charge in [-0.25, -0.2) is 0 Å². The Labute approximate surface area is 166 Å². The molecule has 0 aliphatic heterocycles. The second-order valence-corrected chi connectivity index (χ2v) is 6.96. The van der Waals surface area contributed by atoms with Crippen LogP contribution in [0.15, 0.2) is 48.5 Å². The number of amides is 2. The van der Waals surface area contributed by atoms with Crippen molar-refractivity contribution in [1.29, 1.82) is 0 Å². The summed E-state index contributed by atoms with van der Waals surface area (Å²) in [6.45, 7) is 1.91. The molecule has 1 aliphatic rings. The summed E-state index contributed by atoms with van der Waals surface area (Å²) >= 11 is 0. The molecule has 2 amide bonds. The van der Waals surface area contributed by atoms with E-state index in [2.05, 4.69) is 10.6 Å². The normalized spacial score (nSPS) is 18.4. The minimum atomic E-state index is -0.204. The Bertz CT molecular complexity index is 795. The molecule has 1 saturated carbocycles. The van der Waals surface area contributed by atoms with Gasteiger partial charge in [0.1, 0.15) is 0 Å². The van der Waals surface area contributed by atoms with Crippen LogP contribution in [0.25, 0.3) is 0 Å². The molecule has 3 rings (SSSR count). The Hall–Kier alpha value is -2.37. The van der Waals surface area contributed by atoms with Crippen LogP contribution in [0.3, 0.4) is 0 Å². The fourth-order valence-corrected chi connectivity index (χ4v) is 3.38. The van der Waals surface area contributed by atoms with Crippen LogP contribution in [0.4, 0.5) is 11.4 Å². The molecule has 1 aliphatic carbocycles. The number of nitrogens with two attached hydrogens (primary N) is 1. The van der Waals surface area contributed by atoms with E-state index in [0.717, 1.165) is 30.5 Å². The van der Waals surface area contributed by atoms with Gasteiger partial charge in [-0.2, -0.15) is 0 Å². The van der Waals surface area contributed by atoms with Crippen LogP contribution in [0, 0.1) is 12.8 Å². The zero-order chi connectivity index (χ0) is 18.5. The minimum absolute atomic E-state index is 0. The molecule has 2 aromatic rings. The lowest BCUT2D eigenvalue weighted by Gasteiger charge is -2.16. The number of rotatable bonds is 5. The Morgan fingerprint density at radius 3 is 2.48 bits per heavy atom. The van der Waals surface area contributed by atoms with Crippen LogP contribution in [0.5, 0.6) is 0 Å². The van der Waals surface area contributed by atoms with Gasteiger partial charge in [-0.3, -0.25) is 9.59 Å². The van der Waals surface area contributed by atoms with Crippen molar-refractivity contribution in [2.24, 2.45) is 11.7 Å². The lowest BCUT2D eigenvalue weighted by atomic mass is 9.99. The summed E-state index contributed by atoms with van der Waals surface area (Å²) in [5.74, 6) is 0.000416. The first-order chi connectivity index (χ1) is 12.5. The van der Waals surface area contributed by atoms with E-state index in [9.17, 15) is 9.59 Å². The van der Waals surface area contributed by atoms with Gasteiger partial charge in [0.05, 0.1) is 0 Å². The Kier molecular flexibility index (Phi) is 7.39. The van der Waals surface area contributed by atoms with E-state index in [0.29, 0.717) is 17.7 Å². The van der Waals surface area contributed by atoms with Gasteiger partial charge in [0.15, 0.2) is 0 Å². The molecule has 2 atom stereocenters. The number of anilines is 2. The van der Waals surface area contributed by atoms with E-state index < -0.39 is 0 Å². The molecule has 0 heterocycles. The smallest absolute Gasteiger partial charge is 0.255 e. The summed E-state index contributed by atoms with van der Waals surface area (Å²) in [6, 6.07) is 14.7. The summed E-state index contributed by atoms with van der Waals surface area (Å²) < 4.78 is 0. The molecule has 0 unspecified atom stereocenters. The van der Waals surface area contributed by atoms with Crippen molar-refractivity contribution < 1.29 is 9.59 Å². The van der Waals surface area contributed by atoms with E-state index in [-0.39, 0.29) is 36.2 Å². The Morgan fingerprint density at radius 1 is 1.07 bits per heavy atom. The standard InChI is InChI=1S/C21H25N3O2.ClH/c1-14-10-11-16(21(26)23-17-7-3-2-4-8-17)12-19(14)24-20(25)13-15-6-5-9-18(15)22;/h2-4,7-8,10-12,15,18H,5-6,9,13,22H2,1H3,(H,23,26)(H,24,25);1H/t15-,18+;/m0./s1. The molecule has 144 valence electrons. The van der Waals surface area contributed by atoms with Crippen LogP contribution in [0.1, 0.15) is 41.6 Å². The number of halogens is 1. The fourth-order valence-electron chi connectivity index (χ4n) is 3.38. The van der Waals surface area contributed by atoms with Crippen LogP contribution >= 0.6 is 12.4 Å². The monoisotopic (exact) mass is 387 g/mol. The SMILES string of the molecule is Cc1ccc(C(=O)Nc2ccccc2)cc1NC(=O)C[C@@H]1CCC[C@H]1N.Cl. The van der Waals surface area contributed by atoms with Crippen LogP contribution in [-0.4, -0.2) is 17.9 Å². The molecule has 0 radical (unpaired) electrons. The molecule has 0 saturated heterocycles. The van der Waals surface area contributed by atoms with Crippen molar-refractivity contribution in [1.82, 2.24) is 0 Å². The maximum absolute atomic E-state index is 12.4. The Balaban J connectivity index is 0.00000261. The van der Waals surface area contributed by atoms with Crippen molar-refractivity contribution in [3.05, 3.63) is 59.7 Å². The Morgan fingerprint density at radius 2 is 1.81 bits per heavy atom. The first-order valence-corrected chi connectivity index (χ1v) is 9.05. The second-order valence-electron chi connectivity index (χ2n) is 6.96. The molecule has 5 nitrogen and oxygen atoms in total. The number of benzene rings is 2. The fraction of sp³-hybridized carbons (Fsp3) is 0.333. The number of hydrogen-bond acceptors (Lipinski definition) is 3. The zero-order valence-corrected chi connectivity index (χ0v) is 16.2. The average Bonchev–Trinajstić information content (AvgIpc) is 3.02. The molecular formula is C21H26ClN3O2. The first kappa shape index (κ1) is 20.9. The number of hydrogen-bond donors (Lipinski definition) is 3. The number of aryl methyl sites for hydroxylation is 1. The highest BCUT2D eigenvalue weighted by molar-refractivity contribution is 6.05. The average molecular weight is 388 g/mol. The lowest BCUT2D eigenvalue weighted by Crippen LogP contribution is -2.28. The molecule has 0 spiro atoms. The summed E-state index contributed by atoms with van der Waals surface area (Å²) in [5.41, 5.74) is 8.89. The molecule has 0 aromatic heterocycles. The maximum Gasteiger partial charge on any atom is 0.255 e. The summed E-state index contributed by atoms with van der Waals surface area (Å²) in [6.07, 6.45) is 3.52. The van der Waals surface area contributed by atoms with E-state index in [1.54, 1.807) is 12.1 Å². The number of para-hydroxylation sites is 1. The van der Waals surface area contributed by atoms with E-state index >= 15 is 0 Å². The van der Waals surface area contributed by atoms with Gasteiger partial charge in [-0.15, -0.1) is 12.4 Å². The predicted molar refractivity (Wildman–Crippen MR) is 111 cm³/mol. The lowest BCUT2D eigenvalue weighted by molar-refractivity contribution is -0.117. The van der Waals surface area contributed by atoms with Gasteiger partial charge in [0.2, 0.25) is 5.91 Å². The van der Waals surface area contributed by atoms with E-state index in [4.69, 9.17) is 5.73 Å². The zero-order valence-electron chi connectivity index (χ0n) is 15.4. The van der Waals surface area contributed by atoms with E-state index in [1.807, 2.05) is 43.3 Å². The number of carbonyl (C=O) groups excluding carboxylic acids is 2. The second kappa shape index (κ2) is 9.53. The molecular weight excluding hydrogens is 362 g/mol. The van der Waals surface area contributed by atoms with Gasteiger partial charge >= 0.3 is 0 Å². The van der Waals surface area contributed by atoms with Crippen molar-refractivity contribution in [2.75, 3.05) is 10.6 Å². The molecule has 4 N–H and O–H groups in total. The molecule has 27 heavy (non-hydrogen) atoms. The van der Waals surface area contributed by atoms with Crippen molar-refractivity contribution >= 4 is 35.6 Å². The number of carbonyl (C=O) groups is 2. The maximum atomic E-state index is 12.4. The van der Waals surface area contributed by atoms with Crippen molar-refractivity contribution in [3.63, 3.8) is 0 Å². The third-order valence-corrected chi connectivity index (χ3v) is 4.97.